The van der Waals surface area contributed by atoms with Gasteiger partial charge in [-0.3, -0.25) is 4.79 Å². The monoisotopic (exact) mass is 285 g/mol. The third-order valence-electron chi connectivity index (χ3n) is 2.39. The molecule has 1 aliphatic heterocycles. The van der Waals surface area contributed by atoms with Crippen LogP contribution in [0.1, 0.15) is 16.8 Å². The zero-order valence-electron chi connectivity index (χ0n) is 8.57. The van der Waals surface area contributed by atoms with Crippen molar-refractivity contribution in [2.24, 2.45) is 0 Å². The van der Waals surface area contributed by atoms with Gasteiger partial charge in [0.15, 0.2) is 0 Å². The van der Waals surface area contributed by atoms with Crippen LogP contribution in [0.4, 0.5) is 5.82 Å². The van der Waals surface area contributed by atoms with Gasteiger partial charge in [-0.25, -0.2) is 4.98 Å². The van der Waals surface area contributed by atoms with Gasteiger partial charge < -0.3 is 15.8 Å². The van der Waals surface area contributed by atoms with E-state index in [1.807, 2.05) is 0 Å². The van der Waals surface area contributed by atoms with Gasteiger partial charge in [-0.1, -0.05) is 0 Å². The number of hydrogen-bond donors (Lipinski definition) is 2. The molecule has 86 valence electrons. The van der Waals surface area contributed by atoms with Crippen molar-refractivity contribution in [3.05, 3.63) is 22.3 Å². The van der Waals surface area contributed by atoms with Gasteiger partial charge in [0.2, 0.25) is 0 Å². The first-order valence-electron chi connectivity index (χ1n) is 4.96. The van der Waals surface area contributed by atoms with E-state index >= 15 is 0 Å². The number of carbonyl (C=O) groups excluding carboxylic acids is 1. The highest BCUT2D eigenvalue weighted by atomic mass is 79.9. The van der Waals surface area contributed by atoms with Crippen LogP contribution < -0.4 is 11.1 Å². The van der Waals surface area contributed by atoms with Crippen LogP contribution in [-0.4, -0.2) is 30.1 Å². The van der Waals surface area contributed by atoms with Gasteiger partial charge in [0.1, 0.15) is 5.82 Å². The summed E-state index contributed by atoms with van der Waals surface area (Å²) in [5.41, 5.74) is 6.03. The molecule has 0 aliphatic carbocycles. The predicted molar refractivity (Wildman–Crippen MR) is 63.0 cm³/mol. The van der Waals surface area contributed by atoms with E-state index in [0.29, 0.717) is 18.8 Å². The summed E-state index contributed by atoms with van der Waals surface area (Å²) in [5, 5.41) is 2.86. The molecule has 1 amide bonds. The largest absolute Gasteiger partial charge is 0.383 e. The van der Waals surface area contributed by atoms with Crippen molar-refractivity contribution in [3.8, 4) is 0 Å². The predicted octanol–water partition coefficient (Wildman–Crippen LogP) is 0.945. The van der Waals surface area contributed by atoms with Crippen LogP contribution in [0, 0.1) is 0 Å². The SMILES string of the molecule is Nc1ncc(Br)cc1C(=O)NC1CCOC1. The maximum Gasteiger partial charge on any atom is 0.255 e. The molecule has 0 bridgehead atoms. The van der Waals surface area contributed by atoms with Gasteiger partial charge in [-0.2, -0.15) is 0 Å². The van der Waals surface area contributed by atoms with Crippen LogP contribution in [0.5, 0.6) is 0 Å². The number of rotatable bonds is 2. The highest BCUT2D eigenvalue weighted by Crippen LogP contribution is 2.16. The van der Waals surface area contributed by atoms with E-state index in [9.17, 15) is 4.79 Å². The molecule has 1 unspecified atom stereocenters. The number of pyridine rings is 1. The van der Waals surface area contributed by atoms with Crippen molar-refractivity contribution < 1.29 is 9.53 Å². The number of nitrogens with two attached hydrogens (primary N) is 1. The maximum atomic E-state index is 11.9. The number of nitrogen functional groups attached to an aromatic ring is 1. The number of halogens is 1. The molecule has 0 radical (unpaired) electrons. The summed E-state index contributed by atoms with van der Waals surface area (Å²) in [6.45, 7) is 1.25. The Morgan fingerprint density at radius 1 is 1.69 bits per heavy atom. The minimum Gasteiger partial charge on any atom is -0.383 e. The number of carbonyl (C=O) groups is 1. The van der Waals surface area contributed by atoms with Gasteiger partial charge in [-0.05, 0) is 28.4 Å². The fourth-order valence-electron chi connectivity index (χ4n) is 1.54. The molecule has 5 nitrogen and oxygen atoms in total. The quantitative estimate of drug-likeness (QED) is 0.848. The number of ether oxygens (including phenoxy) is 1. The van der Waals surface area contributed by atoms with E-state index in [4.69, 9.17) is 10.5 Å². The second-order valence-corrected chi connectivity index (χ2v) is 4.54. The van der Waals surface area contributed by atoms with E-state index in [-0.39, 0.29) is 17.8 Å². The second-order valence-electron chi connectivity index (χ2n) is 3.62. The van der Waals surface area contributed by atoms with E-state index in [1.165, 1.54) is 0 Å². The molecular weight excluding hydrogens is 274 g/mol. The van der Waals surface area contributed by atoms with Crippen molar-refractivity contribution in [1.29, 1.82) is 0 Å². The Kier molecular flexibility index (Phi) is 3.40. The molecule has 1 aromatic rings. The number of nitrogens with zero attached hydrogens (tertiary/aromatic N) is 1. The van der Waals surface area contributed by atoms with Crippen molar-refractivity contribution in [2.45, 2.75) is 12.5 Å². The van der Waals surface area contributed by atoms with E-state index in [1.54, 1.807) is 12.3 Å². The summed E-state index contributed by atoms with van der Waals surface area (Å²) in [4.78, 5) is 15.8. The summed E-state index contributed by atoms with van der Waals surface area (Å²) < 4.78 is 5.91. The summed E-state index contributed by atoms with van der Waals surface area (Å²) in [7, 11) is 0. The maximum absolute atomic E-state index is 11.9. The summed E-state index contributed by atoms with van der Waals surface area (Å²) in [6, 6.07) is 1.74. The molecule has 1 aliphatic rings. The first kappa shape index (κ1) is 11.3. The Hall–Kier alpha value is -1.14. The molecular formula is C10H12BrN3O2. The van der Waals surface area contributed by atoms with Crippen molar-refractivity contribution in [2.75, 3.05) is 18.9 Å². The lowest BCUT2D eigenvalue weighted by atomic mass is 10.2. The van der Waals surface area contributed by atoms with Crippen molar-refractivity contribution in [3.63, 3.8) is 0 Å². The van der Waals surface area contributed by atoms with Gasteiger partial charge >= 0.3 is 0 Å². The second kappa shape index (κ2) is 4.80. The zero-order valence-corrected chi connectivity index (χ0v) is 10.2. The van der Waals surface area contributed by atoms with E-state index in [0.717, 1.165) is 10.9 Å². The molecule has 6 heteroatoms. The van der Waals surface area contributed by atoms with Gasteiger partial charge in [0.25, 0.3) is 5.91 Å². The Morgan fingerprint density at radius 3 is 3.19 bits per heavy atom. The van der Waals surface area contributed by atoms with Gasteiger partial charge in [0, 0.05) is 17.3 Å². The topological polar surface area (TPSA) is 77.2 Å². The van der Waals surface area contributed by atoms with Crippen LogP contribution in [0.15, 0.2) is 16.7 Å². The van der Waals surface area contributed by atoms with Crippen molar-refractivity contribution in [1.82, 2.24) is 10.3 Å². The Bertz CT molecular complexity index is 405. The zero-order chi connectivity index (χ0) is 11.5. The fraction of sp³-hybridized carbons (Fsp3) is 0.400. The smallest absolute Gasteiger partial charge is 0.255 e. The Labute approximate surface area is 102 Å². The third kappa shape index (κ3) is 2.51. The number of hydrogen-bond acceptors (Lipinski definition) is 4. The average Bonchev–Trinajstić information content (AvgIpc) is 2.74. The minimum atomic E-state index is -0.207. The Morgan fingerprint density at radius 2 is 2.50 bits per heavy atom. The standard InChI is InChI=1S/C10H12BrN3O2/c11-6-3-8(9(12)13-4-6)10(15)14-7-1-2-16-5-7/h3-4,7H,1-2,5H2,(H2,12,13)(H,14,15). The molecule has 0 aromatic carbocycles. The van der Waals surface area contributed by atoms with Crippen LogP contribution in [-0.2, 0) is 4.74 Å². The van der Waals surface area contributed by atoms with E-state index in [2.05, 4.69) is 26.2 Å². The molecule has 0 saturated carbocycles. The molecule has 1 aromatic heterocycles. The third-order valence-corrected chi connectivity index (χ3v) is 2.83. The molecule has 1 fully saturated rings. The van der Waals surface area contributed by atoms with Crippen LogP contribution in [0.25, 0.3) is 0 Å². The van der Waals surface area contributed by atoms with Crippen LogP contribution in [0.3, 0.4) is 0 Å². The molecule has 0 spiro atoms. The first-order chi connectivity index (χ1) is 7.66. The van der Waals surface area contributed by atoms with Crippen LogP contribution >= 0.6 is 15.9 Å². The van der Waals surface area contributed by atoms with Crippen molar-refractivity contribution >= 4 is 27.7 Å². The lowest BCUT2D eigenvalue weighted by Gasteiger charge is -2.11. The number of anilines is 1. The normalized spacial score (nSPS) is 19.7. The lowest BCUT2D eigenvalue weighted by molar-refractivity contribution is 0.0930. The number of amides is 1. The summed E-state index contributed by atoms with van der Waals surface area (Å²) >= 11 is 3.25. The molecule has 1 saturated heterocycles. The average molecular weight is 286 g/mol. The molecule has 16 heavy (non-hydrogen) atoms. The summed E-state index contributed by atoms with van der Waals surface area (Å²) in [5.74, 6) is 0.0291. The Balaban J connectivity index is 2.10. The molecule has 2 heterocycles. The lowest BCUT2D eigenvalue weighted by Crippen LogP contribution is -2.35. The molecule has 1 atom stereocenters. The van der Waals surface area contributed by atoms with Gasteiger partial charge in [-0.15, -0.1) is 0 Å². The van der Waals surface area contributed by atoms with Crippen LogP contribution in [0.2, 0.25) is 0 Å². The van der Waals surface area contributed by atoms with E-state index < -0.39 is 0 Å². The molecule has 2 rings (SSSR count). The molecule has 3 N–H and O–H groups in total. The highest BCUT2D eigenvalue weighted by molar-refractivity contribution is 9.10. The summed E-state index contributed by atoms with van der Waals surface area (Å²) in [6.07, 6.45) is 2.40. The first-order valence-corrected chi connectivity index (χ1v) is 5.76. The fourth-order valence-corrected chi connectivity index (χ4v) is 1.87. The number of aromatic nitrogens is 1. The highest BCUT2D eigenvalue weighted by Gasteiger charge is 2.20. The number of nitrogens with one attached hydrogen (secondary N) is 1. The van der Waals surface area contributed by atoms with Gasteiger partial charge in [0.05, 0.1) is 18.2 Å². The minimum absolute atomic E-state index is 0.0749.